The average molecular weight is 408 g/mol. The first-order chi connectivity index (χ1) is 14.2. The van der Waals surface area contributed by atoms with Gasteiger partial charge in [-0.05, 0) is 76.0 Å². The molecule has 0 aromatic rings. The molecule has 2 saturated heterocycles. The molecule has 0 spiro atoms. The minimum atomic E-state index is 0.146. The largest absolute Gasteiger partial charge is 0.381 e. The first-order valence-corrected chi connectivity index (χ1v) is 12.0. The van der Waals surface area contributed by atoms with E-state index in [0.717, 1.165) is 63.7 Å². The third-order valence-electron chi connectivity index (χ3n) is 7.68. The number of nitrogens with zero attached hydrogens (tertiary/aromatic N) is 1. The SMILES string of the molecule is COC1CCC(C2CNC(NC3CCCC(NC(=O)N4CCCC4)C3)NC2)CC1. The van der Waals surface area contributed by atoms with Gasteiger partial charge in [-0.3, -0.25) is 16.0 Å². The molecule has 2 atom stereocenters. The molecule has 2 aliphatic carbocycles. The lowest BCUT2D eigenvalue weighted by atomic mass is 9.78. The number of ether oxygens (including phenoxy) is 1. The fourth-order valence-corrected chi connectivity index (χ4v) is 5.82. The van der Waals surface area contributed by atoms with Gasteiger partial charge in [-0.25, -0.2) is 4.79 Å². The first-order valence-electron chi connectivity index (χ1n) is 12.0. The van der Waals surface area contributed by atoms with E-state index in [1.54, 1.807) is 0 Å². The summed E-state index contributed by atoms with van der Waals surface area (Å²) in [5.74, 6) is 1.55. The predicted molar refractivity (Wildman–Crippen MR) is 115 cm³/mol. The van der Waals surface area contributed by atoms with Crippen LogP contribution >= 0.6 is 0 Å². The maximum absolute atomic E-state index is 12.4. The summed E-state index contributed by atoms with van der Waals surface area (Å²) in [6.07, 6.45) is 12.5. The summed E-state index contributed by atoms with van der Waals surface area (Å²) in [6.45, 7) is 4.03. The molecule has 2 unspecified atom stereocenters. The third-order valence-corrected chi connectivity index (χ3v) is 7.68. The van der Waals surface area contributed by atoms with Crippen LogP contribution in [0.4, 0.5) is 4.79 Å². The molecule has 0 aromatic heterocycles. The van der Waals surface area contributed by atoms with Crippen LogP contribution in [0.2, 0.25) is 0 Å². The second-order valence-corrected chi connectivity index (χ2v) is 9.65. The van der Waals surface area contributed by atoms with Crippen molar-refractivity contribution in [3.05, 3.63) is 0 Å². The minimum Gasteiger partial charge on any atom is -0.381 e. The lowest BCUT2D eigenvalue weighted by molar-refractivity contribution is 0.0414. The number of hydrogen-bond acceptors (Lipinski definition) is 5. The van der Waals surface area contributed by atoms with Gasteiger partial charge in [0.2, 0.25) is 0 Å². The van der Waals surface area contributed by atoms with E-state index < -0.39 is 0 Å². The average Bonchev–Trinajstić information content (AvgIpc) is 3.30. The number of amides is 2. The number of rotatable bonds is 5. The fraction of sp³-hybridized carbons (Fsp3) is 0.955. The molecule has 2 aliphatic heterocycles. The second-order valence-electron chi connectivity index (χ2n) is 9.65. The fourth-order valence-electron chi connectivity index (χ4n) is 5.82. The van der Waals surface area contributed by atoms with Crippen LogP contribution in [-0.2, 0) is 4.74 Å². The molecule has 4 aliphatic rings. The molecule has 2 heterocycles. The summed E-state index contributed by atoms with van der Waals surface area (Å²) in [6, 6.07) is 0.918. The van der Waals surface area contributed by atoms with Gasteiger partial charge >= 0.3 is 6.03 Å². The summed E-state index contributed by atoms with van der Waals surface area (Å²) in [5, 5.41) is 14.4. The molecule has 2 amide bonds. The van der Waals surface area contributed by atoms with Gasteiger partial charge in [-0.1, -0.05) is 0 Å². The van der Waals surface area contributed by atoms with Crippen LogP contribution in [0, 0.1) is 11.8 Å². The molecule has 4 rings (SSSR count). The first kappa shape index (κ1) is 21.3. The Labute approximate surface area is 176 Å². The highest BCUT2D eigenvalue weighted by Crippen LogP contribution is 2.31. The van der Waals surface area contributed by atoms with Crippen molar-refractivity contribution in [2.24, 2.45) is 11.8 Å². The minimum absolute atomic E-state index is 0.146. The Bertz CT molecular complexity index is 511. The van der Waals surface area contributed by atoms with Crippen LogP contribution in [0.25, 0.3) is 0 Å². The zero-order valence-electron chi connectivity index (χ0n) is 18.1. The normalized spacial score (nSPS) is 38.7. The molecule has 7 heteroatoms. The smallest absolute Gasteiger partial charge is 0.317 e. The number of carbonyl (C=O) groups excluding carboxylic acids is 1. The summed E-state index contributed by atoms with van der Waals surface area (Å²) in [7, 11) is 1.85. The predicted octanol–water partition coefficient (Wildman–Crippen LogP) is 1.99. The van der Waals surface area contributed by atoms with Crippen LogP contribution in [-0.4, -0.2) is 68.7 Å². The van der Waals surface area contributed by atoms with Crippen molar-refractivity contribution in [1.29, 1.82) is 0 Å². The quantitative estimate of drug-likeness (QED) is 0.561. The van der Waals surface area contributed by atoms with Crippen LogP contribution in [0.15, 0.2) is 0 Å². The Morgan fingerprint density at radius 1 is 0.897 bits per heavy atom. The van der Waals surface area contributed by atoms with Crippen LogP contribution in [0.3, 0.4) is 0 Å². The Morgan fingerprint density at radius 3 is 2.28 bits per heavy atom. The van der Waals surface area contributed by atoms with E-state index in [0.29, 0.717) is 18.2 Å². The zero-order valence-corrected chi connectivity index (χ0v) is 18.1. The highest BCUT2D eigenvalue weighted by molar-refractivity contribution is 5.74. The zero-order chi connectivity index (χ0) is 20.1. The highest BCUT2D eigenvalue weighted by atomic mass is 16.5. The van der Waals surface area contributed by atoms with Crippen molar-refractivity contribution < 1.29 is 9.53 Å². The van der Waals surface area contributed by atoms with Gasteiger partial charge in [0.25, 0.3) is 0 Å². The Morgan fingerprint density at radius 2 is 1.59 bits per heavy atom. The van der Waals surface area contributed by atoms with Gasteiger partial charge in [0.05, 0.1) is 6.10 Å². The molecule has 0 radical (unpaired) electrons. The van der Waals surface area contributed by atoms with Crippen LogP contribution < -0.4 is 21.3 Å². The topological polar surface area (TPSA) is 77.7 Å². The van der Waals surface area contributed by atoms with E-state index in [2.05, 4.69) is 21.3 Å². The van der Waals surface area contributed by atoms with Crippen molar-refractivity contribution >= 4 is 6.03 Å². The molecule has 4 N–H and O–H groups in total. The van der Waals surface area contributed by atoms with Gasteiger partial charge in [-0.2, -0.15) is 0 Å². The molecule has 0 bridgehead atoms. The lowest BCUT2D eigenvalue weighted by Gasteiger charge is -2.41. The number of urea groups is 1. The van der Waals surface area contributed by atoms with Crippen molar-refractivity contribution in [2.45, 2.75) is 88.7 Å². The van der Waals surface area contributed by atoms with E-state index in [-0.39, 0.29) is 12.3 Å². The Balaban J connectivity index is 1.16. The van der Waals surface area contributed by atoms with Crippen molar-refractivity contribution in [3.63, 3.8) is 0 Å². The molecule has 2 saturated carbocycles. The second kappa shape index (κ2) is 10.4. The standard InChI is InChI=1S/C22H41N5O2/c1-29-20-9-7-16(8-10-20)17-14-23-21(24-15-17)25-18-5-4-6-19(13-18)26-22(28)27-11-2-3-12-27/h16-21,23-25H,2-15H2,1H3,(H,26,28). The summed E-state index contributed by atoms with van der Waals surface area (Å²) < 4.78 is 5.52. The Kier molecular flexibility index (Phi) is 7.67. The van der Waals surface area contributed by atoms with Gasteiger partial charge < -0.3 is 15.0 Å². The highest BCUT2D eigenvalue weighted by Gasteiger charge is 2.32. The molecule has 29 heavy (non-hydrogen) atoms. The summed E-state index contributed by atoms with van der Waals surface area (Å²) >= 11 is 0. The van der Waals surface area contributed by atoms with Crippen molar-refractivity contribution in [3.8, 4) is 0 Å². The number of likely N-dealkylation sites (tertiary alicyclic amines) is 1. The molecule has 0 aromatic carbocycles. The Hall–Kier alpha value is -0.890. The molecular weight excluding hydrogens is 366 g/mol. The number of carbonyl (C=O) groups is 1. The van der Waals surface area contributed by atoms with E-state index >= 15 is 0 Å². The van der Waals surface area contributed by atoms with E-state index in [9.17, 15) is 4.79 Å². The molecule has 4 fully saturated rings. The van der Waals surface area contributed by atoms with E-state index in [1.165, 1.54) is 38.5 Å². The van der Waals surface area contributed by atoms with E-state index in [4.69, 9.17) is 4.74 Å². The van der Waals surface area contributed by atoms with Crippen molar-refractivity contribution in [2.75, 3.05) is 33.3 Å². The summed E-state index contributed by atoms with van der Waals surface area (Å²) in [4.78, 5) is 14.4. The number of hydrogen-bond donors (Lipinski definition) is 4. The maximum atomic E-state index is 12.4. The van der Waals surface area contributed by atoms with Gasteiger partial charge in [-0.15, -0.1) is 0 Å². The van der Waals surface area contributed by atoms with Gasteiger partial charge in [0.15, 0.2) is 0 Å². The third kappa shape index (κ3) is 5.84. The summed E-state index contributed by atoms with van der Waals surface area (Å²) in [5.41, 5.74) is 0. The van der Waals surface area contributed by atoms with E-state index in [1.807, 2.05) is 12.0 Å². The monoisotopic (exact) mass is 407 g/mol. The number of nitrogens with one attached hydrogen (secondary N) is 4. The maximum Gasteiger partial charge on any atom is 0.317 e. The molecule has 7 nitrogen and oxygen atoms in total. The van der Waals surface area contributed by atoms with Crippen molar-refractivity contribution in [1.82, 2.24) is 26.2 Å². The van der Waals surface area contributed by atoms with Crippen LogP contribution in [0.5, 0.6) is 0 Å². The van der Waals surface area contributed by atoms with Gasteiger partial charge in [0, 0.05) is 45.4 Å². The van der Waals surface area contributed by atoms with Crippen LogP contribution in [0.1, 0.15) is 64.2 Å². The molecular formula is C22H41N5O2. The van der Waals surface area contributed by atoms with Gasteiger partial charge in [0.1, 0.15) is 6.29 Å². The lowest BCUT2D eigenvalue weighted by Crippen LogP contribution is -2.63. The number of methoxy groups -OCH3 is 1. The molecule has 166 valence electrons.